The van der Waals surface area contributed by atoms with E-state index < -0.39 is 0 Å². The van der Waals surface area contributed by atoms with Gasteiger partial charge in [0.15, 0.2) is 0 Å². The first-order valence-corrected chi connectivity index (χ1v) is 6.69. The van der Waals surface area contributed by atoms with Gasteiger partial charge in [-0.1, -0.05) is 6.92 Å². The van der Waals surface area contributed by atoms with E-state index >= 15 is 0 Å². The Morgan fingerprint density at radius 2 is 2.37 bits per heavy atom. The fraction of sp³-hybridized carbons (Fsp3) is 0.500. The number of nitrogens with one attached hydrogen (secondary N) is 1. The summed E-state index contributed by atoms with van der Waals surface area (Å²) in [5, 5.41) is 12.3. The number of phenolic OH excluding ortho intramolecular Hbond substituents is 1. The third-order valence-corrected chi connectivity index (χ3v) is 3.65. The first-order valence-electron chi connectivity index (χ1n) is 6.69. The van der Waals surface area contributed by atoms with Gasteiger partial charge in [-0.3, -0.25) is 4.79 Å². The van der Waals surface area contributed by atoms with Gasteiger partial charge in [0.05, 0.1) is 5.56 Å². The fourth-order valence-electron chi connectivity index (χ4n) is 2.44. The monoisotopic (exact) mass is 263 g/mol. The summed E-state index contributed by atoms with van der Waals surface area (Å²) < 4.78 is 0. The first kappa shape index (κ1) is 13.7. The van der Waals surface area contributed by atoms with E-state index in [2.05, 4.69) is 17.1 Å². The molecular weight excluding hydrogens is 242 g/mol. The molecule has 0 saturated carbocycles. The summed E-state index contributed by atoms with van der Waals surface area (Å²) in [6.45, 7) is 6.00. The van der Waals surface area contributed by atoms with Crippen LogP contribution in [0.2, 0.25) is 0 Å². The Morgan fingerprint density at radius 1 is 1.58 bits per heavy atom. The van der Waals surface area contributed by atoms with E-state index in [1.165, 1.54) is 12.1 Å². The van der Waals surface area contributed by atoms with E-state index in [0.717, 1.165) is 26.1 Å². The Kier molecular flexibility index (Phi) is 4.27. The van der Waals surface area contributed by atoms with Crippen LogP contribution < -0.4 is 11.1 Å². The van der Waals surface area contributed by atoms with Crippen LogP contribution >= 0.6 is 0 Å². The molecule has 1 fully saturated rings. The second-order valence-electron chi connectivity index (χ2n) is 5.03. The lowest BCUT2D eigenvalue weighted by molar-refractivity contribution is 0.0948. The number of anilines is 1. The molecule has 0 aliphatic carbocycles. The van der Waals surface area contributed by atoms with Gasteiger partial charge in [-0.25, -0.2) is 0 Å². The van der Waals surface area contributed by atoms with E-state index in [1.54, 1.807) is 6.07 Å². The van der Waals surface area contributed by atoms with Crippen LogP contribution in [-0.4, -0.2) is 42.1 Å². The summed E-state index contributed by atoms with van der Waals surface area (Å²) in [4.78, 5) is 14.4. The van der Waals surface area contributed by atoms with Crippen molar-refractivity contribution in [2.24, 2.45) is 5.92 Å². The van der Waals surface area contributed by atoms with E-state index in [4.69, 9.17) is 5.73 Å². The number of hydrogen-bond donors (Lipinski definition) is 3. The van der Waals surface area contributed by atoms with Crippen molar-refractivity contribution >= 4 is 11.6 Å². The average molecular weight is 263 g/mol. The van der Waals surface area contributed by atoms with Crippen molar-refractivity contribution in [3.8, 4) is 5.75 Å². The molecule has 2 rings (SSSR count). The standard InChI is InChI=1S/C14H21N3O2/c1-2-17-6-5-10(9-17)8-16-14(19)12-7-11(18)3-4-13(12)15/h3-4,7,10,18H,2,5-6,8-9,15H2,1H3,(H,16,19). The number of benzene rings is 1. The highest BCUT2D eigenvalue weighted by Crippen LogP contribution is 2.19. The Morgan fingerprint density at radius 3 is 3.05 bits per heavy atom. The van der Waals surface area contributed by atoms with Crippen LogP contribution in [0, 0.1) is 5.92 Å². The number of likely N-dealkylation sites (tertiary alicyclic amines) is 1. The van der Waals surface area contributed by atoms with Crippen LogP contribution in [-0.2, 0) is 0 Å². The molecule has 1 aliphatic rings. The molecule has 0 radical (unpaired) electrons. The Balaban J connectivity index is 1.89. The molecule has 19 heavy (non-hydrogen) atoms. The van der Waals surface area contributed by atoms with Gasteiger partial charge in [0.25, 0.3) is 5.91 Å². The lowest BCUT2D eigenvalue weighted by Gasteiger charge is -2.14. The number of nitrogens with two attached hydrogens (primary N) is 1. The maximum atomic E-state index is 12.0. The molecule has 1 unspecified atom stereocenters. The lowest BCUT2D eigenvalue weighted by atomic mass is 10.1. The molecule has 0 aromatic heterocycles. The Hall–Kier alpha value is -1.75. The fourth-order valence-corrected chi connectivity index (χ4v) is 2.44. The number of carbonyl (C=O) groups is 1. The van der Waals surface area contributed by atoms with Crippen LogP contribution in [0.15, 0.2) is 18.2 Å². The van der Waals surface area contributed by atoms with Crippen molar-refractivity contribution in [3.63, 3.8) is 0 Å². The maximum absolute atomic E-state index is 12.0. The van der Waals surface area contributed by atoms with E-state index in [0.29, 0.717) is 23.7 Å². The van der Waals surface area contributed by atoms with E-state index in [-0.39, 0.29) is 11.7 Å². The molecule has 1 aliphatic heterocycles. The third kappa shape index (κ3) is 3.38. The minimum Gasteiger partial charge on any atom is -0.508 e. The first-order chi connectivity index (χ1) is 9.10. The molecule has 1 atom stereocenters. The van der Waals surface area contributed by atoms with Gasteiger partial charge in [0, 0.05) is 18.8 Å². The van der Waals surface area contributed by atoms with Gasteiger partial charge in [-0.2, -0.15) is 0 Å². The molecule has 5 heteroatoms. The molecule has 5 nitrogen and oxygen atoms in total. The van der Waals surface area contributed by atoms with Gasteiger partial charge in [-0.15, -0.1) is 0 Å². The van der Waals surface area contributed by atoms with Gasteiger partial charge in [-0.05, 0) is 43.6 Å². The second kappa shape index (κ2) is 5.93. The van der Waals surface area contributed by atoms with Crippen LogP contribution in [0.25, 0.3) is 0 Å². The van der Waals surface area contributed by atoms with Crippen molar-refractivity contribution in [1.29, 1.82) is 0 Å². The zero-order chi connectivity index (χ0) is 13.8. The summed E-state index contributed by atoms with van der Waals surface area (Å²) in [6.07, 6.45) is 1.11. The smallest absolute Gasteiger partial charge is 0.253 e. The van der Waals surface area contributed by atoms with Gasteiger partial charge >= 0.3 is 0 Å². The highest BCUT2D eigenvalue weighted by molar-refractivity contribution is 5.99. The van der Waals surface area contributed by atoms with E-state index in [9.17, 15) is 9.90 Å². The van der Waals surface area contributed by atoms with Crippen LogP contribution in [0.4, 0.5) is 5.69 Å². The molecule has 104 valence electrons. The number of carbonyl (C=O) groups excluding carboxylic acids is 1. The number of phenols is 1. The molecule has 1 heterocycles. The number of amides is 1. The SMILES string of the molecule is CCN1CCC(CNC(=O)c2cc(O)ccc2N)C1. The predicted octanol–water partition coefficient (Wildman–Crippen LogP) is 1.05. The number of aromatic hydroxyl groups is 1. The maximum Gasteiger partial charge on any atom is 0.253 e. The second-order valence-corrected chi connectivity index (χ2v) is 5.03. The normalized spacial score (nSPS) is 19.5. The Labute approximate surface area is 113 Å². The zero-order valence-corrected chi connectivity index (χ0v) is 11.2. The summed E-state index contributed by atoms with van der Waals surface area (Å²) in [6, 6.07) is 4.42. The highest BCUT2D eigenvalue weighted by Gasteiger charge is 2.22. The predicted molar refractivity (Wildman–Crippen MR) is 75.1 cm³/mol. The molecule has 4 N–H and O–H groups in total. The number of hydrogen-bond acceptors (Lipinski definition) is 4. The third-order valence-electron chi connectivity index (χ3n) is 3.65. The van der Waals surface area contributed by atoms with Gasteiger partial charge < -0.3 is 21.1 Å². The molecule has 0 bridgehead atoms. The number of rotatable bonds is 4. The molecule has 1 saturated heterocycles. The molecule has 1 aromatic carbocycles. The Bertz CT molecular complexity index is 462. The molecule has 1 aromatic rings. The quantitative estimate of drug-likeness (QED) is 0.560. The summed E-state index contributed by atoms with van der Waals surface area (Å²) in [5.74, 6) is 0.336. The minimum absolute atomic E-state index is 0.0531. The zero-order valence-electron chi connectivity index (χ0n) is 11.2. The van der Waals surface area contributed by atoms with Crippen LogP contribution in [0.1, 0.15) is 23.7 Å². The van der Waals surface area contributed by atoms with Crippen molar-refractivity contribution in [2.45, 2.75) is 13.3 Å². The summed E-state index contributed by atoms with van der Waals surface area (Å²) in [7, 11) is 0. The number of nitrogens with zero attached hydrogens (tertiary/aromatic N) is 1. The molecule has 0 spiro atoms. The van der Waals surface area contributed by atoms with Gasteiger partial charge in [0.1, 0.15) is 5.75 Å². The minimum atomic E-state index is -0.219. The molecule has 1 amide bonds. The van der Waals surface area contributed by atoms with Gasteiger partial charge in [0.2, 0.25) is 0 Å². The summed E-state index contributed by atoms with van der Waals surface area (Å²) >= 11 is 0. The lowest BCUT2D eigenvalue weighted by Crippen LogP contribution is -2.31. The van der Waals surface area contributed by atoms with Crippen LogP contribution in [0.5, 0.6) is 5.75 Å². The largest absolute Gasteiger partial charge is 0.508 e. The van der Waals surface area contributed by atoms with Crippen molar-refractivity contribution in [2.75, 3.05) is 31.9 Å². The average Bonchev–Trinajstić information content (AvgIpc) is 2.87. The highest BCUT2D eigenvalue weighted by atomic mass is 16.3. The van der Waals surface area contributed by atoms with Crippen molar-refractivity contribution < 1.29 is 9.90 Å². The van der Waals surface area contributed by atoms with E-state index in [1.807, 2.05) is 0 Å². The van der Waals surface area contributed by atoms with Crippen LogP contribution in [0.3, 0.4) is 0 Å². The summed E-state index contributed by atoms with van der Waals surface area (Å²) in [5.41, 5.74) is 6.46. The van der Waals surface area contributed by atoms with Crippen molar-refractivity contribution in [3.05, 3.63) is 23.8 Å². The van der Waals surface area contributed by atoms with Crippen molar-refractivity contribution in [1.82, 2.24) is 10.2 Å². The topological polar surface area (TPSA) is 78.6 Å². The number of nitrogen functional groups attached to an aromatic ring is 1. The molecular formula is C14H21N3O2.